The standard InChI is InChI=1S/C22H33FN4O2/c1-17-13-18(2)15-27(14-17)22(29)16-26-11-9-25(10-12-26)8-7-21(28)24-20-6-4-3-5-19(20)23/h3-6,17-18H,7-16H2,1-2H3,(H,24,28). The molecule has 2 fully saturated rings. The van der Waals surface area contributed by atoms with Crippen LogP contribution in [0, 0.1) is 17.7 Å². The van der Waals surface area contributed by atoms with Gasteiger partial charge >= 0.3 is 0 Å². The third kappa shape index (κ3) is 6.51. The van der Waals surface area contributed by atoms with Gasteiger partial charge in [0, 0.05) is 52.2 Å². The summed E-state index contributed by atoms with van der Waals surface area (Å²) in [7, 11) is 0. The molecule has 2 saturated heterocycles. The topological polar surface area (TPSA) is 55.9 Å². The van der Waals surface area contributed by atoms with Crippen LogP contribution in [0.15, 0.2) is 24.3 Å². The van der Waals surface area contributed by atoms with Gasteiger partial charge in [0.25, 0.3) is 0 Å². The summed E-state index contributed by atoms with van der Waals surface area (Å²) in [5.41, 5.74) is 0.224. The number of nitrogens with one attached hydrogen (secondary N) is 1. The van der Waals surface area contributed by atoms with Gasteiger partial charge in [-0.05, 0) is 30.4 Å². The van der Waals surface area contributed by atoms with Crippen LogP contribution in [0.3, 0.4) is 0 Å². The number of carbonyl (C=O) groups excluding carboxylic acids is 2. The van der Waals surface area contributed by atoms with Gasteiger partial charge in [-0.2, -0.15) is 0 Å². The molecule has 1 N–H and O–H groups in total. The quantitative estimate of drug-likeness (QED) is 0.790. The molecule has 29 heavy (non-hydrogen) atoms. The number of amides is 2. The highest BCUT2D eigenvalue weighted by molar-refractivity contribution is 5.90. The number of hydrogen-bond acceptors (Lipinski definition) is 4. The van der Waals surface area contributed by atoms with Crippen LogP contribution in [-0.4, -0.2) is 78.9 Å². The molecular formula is C22H33FN4O2. The molecule has 1 aromatic carbocycles. The third-order valence-corrected chi connectivity index (χ3v) is 5.85. The molecule has 0 bridgehead atoms. The number of halogens is 1. The lowest BCUT2D eigenvalue weighted by molar-refractivity contribution is -0.135. The lowest BCUT2D eigenvalue weighted by atomic mass is 9.92. The van der Waals surface area contributed by atoms with Crippen molar-refractivity contribution in [1.82, 2.24) is 14.7 Å². The second-order valence-electron chi connectivity index (χ2n) is 8.64. The highest BCUT2D eigenvalue weighted by Gasteiger charge is 2.27. The summed E-state index contributed by atoms with van der Waals surface area (Å²) >= 11 is 0. The Hall–Kier alpha value is -1.99. The van der Waals surface area contributed by atoms with E-state index in [0.717, 1.165) is 39.3 Å². The van der Waals surface area contributed by atoms with E-state index in [1.165, 1.54) is 12.5 Å². The van der Waals surface area contributed by atoms with Gasteiger partial charge in [0.15, 0.2) is 0 Å². The maximum Gasteiger partial charge on any atom is 0.236 e. The molecule has 2 heterocycles. The molecule has 0 aliphatic carbocycles. The Morgan fingerprint density at radius 1 is 1.03 bits per heavy atom. The summed E-state index contributed by atoms with van der Waals surface area (Å²) in [6.07, 6.45) is 1.53. The first-order valence-electron chi connectivity index (χ1n) is 10.7. The van der Waals surface area contributed by atoms with Crippen molar-refractivity contribution in [1.29, 1.82) is 0 Å². The molecule has 1 aromatic rings. The van der Waals surface area contributed by atoms with Crippen molar-refractivity contribution in [2.24, 2.45) is 11.8 Å². The number of rotatable bonds is 6. The summed E-state index contributed by atoms with van der Waals surface area (Å²) in [5.74, 6) is 0.795. The van der Waals surface area contributed by atoms with Crippen molar-refractivity contribution >= 4 is 17.5 Å². The molecule has 0 saturated carbocycles. The van der Waals surface area contributed by atoms with Crippen LogP contribution in [0.5, 0.6) is 0 Å². The fraction of sp³-hybridized carbons (Fsp3) is 0.636. The monoisotopic (exact) mass is 404 g/mol. The molecule has 3 rings (SSSR count). The van der Waals surface area contributed by atoms with Gasteiger partial charge in [-0.25, -0.2) is 4.39 Å². The molecule has 2 aliphatic heterocycles. The molecule has 0 radical (unpaired) electrons. The van der Waals surface area contributed by atoms with Crippen molar-refractivity contribution in [3.8, 4) is 0 Å². The zero-order valence-electron chi connectivity index (χ0n) is 17.6. The molecule has 2 amide bonds. The summed E-state index contributed by atoms with van der Waals surface area (Å²) in [6.45, 7) is 10.7. The number of benzene rings is 1. The van der Waals surface area contributed by atoms with Gasteiger partial charge in [0.05, 0.1) is 12.2 Å². The highest BCUT2D eigenvalue weighted by atomic mass is 19.1. The van der Waals surface area contributed by atoms with E-state index in [1.807, 2.05) is 4.90 Å². The first-order chi connectivity index (χ1) is 13.9. The molecule has 2 atom stereocenters. The van der Waals surface area contributed by atoms with Crippen molar-refractivity contribution in [2.75, 3.05) is 57.7 Å². The van der Waals surface area contributed by atoms with Crippen LogP contribution in [0.1, 0.15) is 26.7 Å². The van der Waals surface area contributed by atoms with Gasteiger partial charge in [0.2, 0.25) is 11.8 Å². The number of likely N-dealkylation sites (tertiary alicyclic amines) is 1. The second kappa shape index (κ2) is 10.2. The van der Waals surface area contributed by atoms with Gasteiger partial charge in [0.1, 0.15) is 5.82 Å². The number of para-hydroxylation sites is 1. The molecule has 0 spiro atoms. The first kappa shape index (κ1) is 21.7. The summed E-state index contributed by atoms with van der Waals surface area (Å²) in [4.78, 5) is 31.2. The van der Waals surface area contributed by atoms with E-state index in [0.29, 0.717) is 31.3 Å². The molecule has 6 nitrogen and oxygen atoms in total. The van der Waals surface area contributed by atoms with E-state index in [9.17, 15) is 14.0 Å². The van der Waals surface area contributed by atoms with Gasteiger partial charge in [-0.3, -0.25) is 14.5 Å². The molecule has 160 valence electrons. The van der Waals surface area contributed by atoms with Crippen LogP contribution >= 0.6 is 0 Å². The Morgan fingerprint density at radius 2 is 1.66 bits per heavy atom. The van der Waals surface area contributed by atoms with Gasteiger partial charge in [-0.15, -0.1) is 0 Å². The zero-order chi connectivity index (χ0) is 20.8. The maximum atomic E-state index is 13.6. The molecular weight excluding hydrogens is 371 g/mol. The molecule has 2 aliphatic rings. The van der Waals surface area contributed by atoms with E-state index in [1.54, 1.807) is 18.2 Å². The molecule has 7 heteroatoms. The second-order valence-corrected chi connectivity index (χ2v) is 8.64. The first-order valence-corrected chi connectivity index (χ1v) is 10.7. The minimum absolute atomic E-state index is 0.180. The predicted octanol–water partition coefficient (Wildman–Crippen LogP) is 2.28. The third-order valence-electron chi connectivity index (χ3n) is 5.85. The Bertz CT molecular complexity index is 696. The van der Waals surface area contributed by atoms with E-state index in [4.69, 9.17) is 0 Å². The summed E-state index contributed by atoms with van der Waals surface area (Å²) in [6, 6.07) is 6.19. The zero-order valence-corrected chi connectivity index (χ0v) is 17.6. The largest absolute Gasteiger partial charge is 0.341 e. The average Bonchev–Trinajstić information content (AvgIpc) is 2.68. The van der Waals surface area contributed by atoms with Crippen LogP contribution in [0.4, 0.5) is 10.1 Å². The molecule has 0 aromatic heterocycles. The van der Waals surface area contributed by atoms with Crippen molar-refractivity contribution in [2.45, 2.75) is 26.7 Å². The Morgan fingerprint density at radius 3 is 2.31 bits per heavy atom. The van der Waals surface area contributed by atoms with Gasteiger partial charge in [-0.1, -0.05) is 26.0 Å². The van der Waals surface area contributed by atoms with Gasteiger partial charge < -0.3 is 15.1 Å². The predicted molar refractivity (Wildman–Crippen MR) is 112 cm³/mol. The minimum Gasteiger partial charge on any atom is -0.341 e. The van der Waals surface area contributed by atoms with Crippen molar-refractivity contribution < 1.29 is 14.0 Å². The number of anilines is 1. The highest BCUT2D eigenvalue weighted by Crippen LogP contribution is 2.21. The number of piperazine rings is 1. The van der Waals surface area contributed by atoms with E-state index in [-0.39, 0.29) is 17.5 Å². The fourth-order valence-corrected chi connectivity index (χ4v) is 4.36. The number of piperidine rings is 1. The van der Waals surface area contributed by atoms with Crippen molar-refractivity contribution in [3.63, 3.8) is 0 Å². The fourth-order valence-electron chi connectivity index (χ4n) is 4.36. The van der Waals surface area contributed by atoms with Crippen LogP contribution < -0.4 is 5.32 Å². The summed E-state index contributed by atoms with van der Waals surface area (Å²) < 4.78 is 13.6. The molecule has 2 unspecified atom stereocenters. The normalized spacial score (nSPS) is 23.8. The van der Waals surface area contributed by atoms with Crippen LogP contribution in [0.25, 0.3) is 0 Å². The lowest BCUT2D eigenvalue weighted by Gasteiger charge is -2.38. The smallest absolute Gasteiger partial charge is 0.236 e. The number of hydrogen-bond donors (Lipinski definition) is 1. The van der Waals surface area contributed by atoms with Crippen molar-refractivity contribution in [3.05, 3.63) is 30.1 Å². The number of carbonyl (C=O) groups is 2. The Kier molecular flexibility index (Phi) is 7.61. The Labute approximate surface area is 173 Å². The number of nitrogens with zero attached hydrogens (tertiary/aromatic N) is 3. The maximum absolute atomic E-state index is 13.6. The van der Waals surface area contributed by atoms with E-state index in [2.05, 4.69) is 29.0 Å². The minimum atomic E-state index is -0.420. The van der Waals surface area contributed by atoms with E-state index >= 15 is 0 Å². The Balaban J connectivity index is 1.35. The van der Waals surface area contributed by atoms with E-state index < -0.39 is 5.82 Å². The van der Waals surface area contributed by atoms with Crippen LogP contribution in [-0.2, 0) is 9.59 Å². The summed E-state index contributed by atoms with van der Waals surface area (Å²) in [5, 5.41) is 2.63. The lowest BCUT2D eigenvalue weighted by Crippen LogP contribution is -2.52. The SMILES string of the molecule is CC1CC(C)CN(C(=O)CN2CCN(CCC(=O)Nc3ccccc3F)CC2)C1. The van der Waals surface area contributed by atoms with Crippen LogP contribution in [0.2, 0.25) is 0 Å². The average molecular weight is 405 g/mol.